The van der Waals surface area contributed by atoms with E-state index in [1.807, 2.05) is 36.4 Å². The topological polar surface area (TPSA) is 50.4 Å². The molecule has 23 heavy (non-hydrogen) atoms. The van der Waals surface area contributed by atoms with E-state index in [1.54, 1.807) is 13.2 Å². The third-order valence-corrected chi connectivity index (χ3v) is 3.66. The van der Waals surface area contributed by atoms with E-state index in [0.717, 1.165) is 11.4 Å². The van der Waals surface area contributed by atoms with Gasteiger partial charge < -0.3 is 15.4 Å². The third-order valence-electron chi connectivity index (χ3n) is 3.66. The van der Waals surface area contributed by atoms with Gasteiger partial charge in [0.15, 0.2) is 0 Å². The molecule has 0 fully saturated rings. The summed E-state index contributed by atoms with van der Waals surface area (Å²) in [5.74, 6) is 1.04. The first kappa shape index (κ1) is 17.0. The Hall–Kier alpha value is -2.33. The molecule has 0 aromatic heterocycles. The van der Waals surface area contributed by atoms with Gasteiger partial charge in [-0.3, -0.25) is 4.79 Å². The number of hydrogen-bond acceptors (Lipinski definition) is 3. The van der Waals surface area contributed by atoms with Crippen LogP contribution in [0.5, 0.6) is 5.75 Å². The number of rotatable bonds is 7. The summed E-state index contributed by atoms with van der Waals surface area (Å²) in [5.41, 5.74) is 1.92. The highest BCUT2D eigenvalue weighted by atomic mass is 16.5. The Morgan fingerprint density at radius 1 is 1.09 bits per heavy atom. The number of ether oxygens (including phenoxy) is 1. The lowest BCUT2D eigenvalue weighted by atomic mass is 9.96. The highest BCUT2D eigenvalue weighted by Crippen LogP contribution is 2.21. The van der Waals surface area contributed by atoms with Gasteiger partial charge in [0.2, 0.25) is 5.91 Å². The van der Waals surface area contributed by atoms with E-state index in [4.69, 9.17) is 4.74 Å². The lowest BCUT2D eigenvalue weighted by Gasteiger charge is -2.22. The first-order valence-corrected chi connectivity index (χ1v) is 7.82. The zero-order chi connectivity index (χ0) is 16.7. The van der Waals surface area contributed by atoms with Crippen molar-refractivity contribution < 1.29 is 9.53 Å². The largest absolute Gasteiger partial charge is 0.497 e. The summed E-state index contributed by atoms with van der Waals surface area (Å²) < 4.78 is 5.16. The maximum absolute atomic E-state index is 12.2. The molecule has 0 aliphatic heterocycles. The van der Waals surface area contributed by atoms with Crippen LogP contribution in [0.25, 0.3) is 0 Å². The Labute approximate surface area is 137 Å². The number of hydrogen-bond donors (Lipinski definition) is 2. The van der Waals surface area contributed by atoms with Crippen molar-refractivity contribution in [2.45, 2.75) is 19.9 Å². The molecule has 2 aromatic carbocycles. The van der Waals surface area contributed by atoms with Crippen LogP contribution >= 0.6 is 0 Å². The van der Waals surface area contributed by atoms with E-state index in [1.165, 1.54) is 5.56 Å². The summed E-state index contributed by atoms with van der Waals surface area (Å²) in [6.07, 6.45) is 0. The van der Waals surface area contributed by atoms with Crippen molar-refractivity contribution in [3.05, 3.63) is 60.2 Å². The molecule has 0 spiro atoms. The molecule has 2 aromatic rings. The molecule has 0 radical (unpaired) electrons. The van der Waals surface area contributed by atoms with Crippen LogP contribution in [-0.4, -0.2) is 19.6 Å². The van der Waals surface area contributed by atoms with Gasteiger partial charge in [-0.2, -0.15) is 0 Å². The van der Waals surface area contributed by atoms with Crippen LogP contribution in [0.1, 0.15) is 25.5 Å². The SMILES string of the molecule is COc1cccc(NC(=O)CN[C@H](c2ccccc2)C(C)C)c1. The molecule has 122 valence electrons. The first-order valence-electron chi connectivity index (χ1n) is 7.82. The standard InChI is InChI=1S/C19H24N2O2/c1-14(2)19(15-8-5-4-6-9-15)20-13-18(22)21-16-10-7-11-17(12-16)23-3/h4-12,14,19-20H,13H2,1-3H3,(H,21,22)/t19-/m0/s1. The first-order chi connectivity index (χ1) is 11.1. The van der Waals surface area contributed by atoms with Gasteiger partial charge >= 0.3 is 0 Å². The predicted octanol–water partition coefficient (Wildman–Crippen LogP) is 3.62. The molecule has 2 rings (SSSR count). The maximum atomic E-state index is 12.2. The van der Waals surface area contributed by atoms with Gasteiger partial charge in [0, 0.05) is 17.8 Å². The van der Waals surface area contributed by atoms with E-state index in [0.29, 0.717) is 5.92 Å². The fraction of sp³-hybridized carbons (Fsp3) is 0.316. The summed E-state index contributed by atoms with van der Waals surface area (Å²) in [6, 6.07) is 17.7. The Bertz CT molecular complexity index is 626. The fourth-order valence-corrected chi connectivity index (χ4v) is 2.51. The minimum atomic E-state index is -0.0696. The lowest BCUT2D eigenvalue weighted by molar-refractivity contribution is -0.115. The van der Waals surface area contributed by atoms with Gasteiger partial charge in [-0.25, -0.2) is 0 Å². The molecule has 4 heteroatoms. The molecule has 0 aliphatic rings. The molecule has 0 heterocycles. The maximum Gasteiger partial charge on any atom is 0.238 e. The van der Waals surface area contributed by atoms with Crippen molar-refractivity contribution in [1.82, 2.24) is 5.32 Å². The van der Waals surface area contributed by atoms with Crippen molar-refractivity contribution >= 4 is 11.6 Å². The second-order valence-electron chi connectivity index (χ2n) is 5.79. The van der Waals surface area contributed by atoms with Crippen LogP contribution in [0.2, 0.25) is 0 Å². The van der Waals surface area contributed by atoms with Gasteiger partial charge in [0.1, 0.15) is 5.75 Å². The van der Waals surface area contributed by atoms with Crippen LogP contribution in [0.4, 0.5) is 5.69 Å². The summed E-state index contributed by atoms with van der Waals surface area (Å²) >= 11 is 0. The quantitative estimate of drug-likeness (QED) is 0.821. The molecule has 1 amide bonds. The second kappa shape index (κ2) is 8.34. The van der Waals surface area contributed by atoms with E-state index in [2.05, 4.69) is 36.6 Å². The lowest BCUT2D eigenvalue weighted by Crippen LogP contribution is -2.33. The molecule has 0 unspecified atom stereocenters. The Kier molecular flexibility index (Phi) is 6.18. The predicted molar refractivity (Wildman–Crippen MR) is 93.6 cm³/mol. The van der Waals surface area contributed by atoms with Crippen LogP contribution in [0, 0.1) is 5.92 Å². The van der Waals surface area contributed by atoms with E-state index in [9.17, 15) is 4.79 Å². The summed E-state index contributed by atoms with van der Waals surface area (Å²) in [5, 5.41) is 6.22. The van der Waals surface area contributed by atoms with Crippen molar-refractivity contribution in [2.75, 3.05) is 19.0 Å². The van der Waals surface area contributed by atoms with Gasteiger partial charge in [-0.05, 0) is 23.6 Å². The highest BCUT2D eigenvalue weighted by molar-refractivity contribution is 5.92. The number of methoxy groups -OCH3 is 1. The zero-order valence-electron chi connectivity index (χ0n) is 13.9. The van der Waals surface area contributed by atoms with Crippen LogP contribution in [0.3, 0.4) is 0 Å². The number of nitrogens with one attached hydrogen (secondary N) is 2. The van der Waals surface area contributed by atoms with Crippen LogP contribution in [0.15, 0.2) is 54.6 Å². The molecule has 4 nitrogen and oxygen atoms in total. The minimum absolute atomic E-state index is 0.0696. The third kappa shape index (κ3) is 5.11. The van der Waals surface area contributed by atoms with Crippen LogP contribution in [-0.2, 0) is 4.79 Å². The molecule has 1 atom stereocenters. The number of amides is 1. The number of carbonyl (C=O) groups excluding carboxylic acids is 1. The monoisotopic (exact) mass is 312 g/mol. The molecule has 0 saturated carbocycles. The van der Waals surface area contributed by atoms with Crippen LogP contribution < -0.4 is 15.4 Å². The number of carbonyl (C=O) groups is 1. The van der Waals surface area contributed by atoms with Gasteiger partial charge in [0.25, 0.3) is 0 Å². The normalized spacial score (nSPS) is 12.0. The second-order valence-corrected chi connectivity index (χ2v) is 5.79. The number of benzene rings is 2. The van der Waals surface area contributed by atoms with Crippen molar-refractivity contribution in [1.29, 1.82) is 0 Å². The minimum Gasteiger partial charge on any atom is -0.497 e. The van der Waals surface area contributed by atoms with Gasteiger partial charge in [-0.15, -0.1) is 0 Å². The Morgan fingerprint density at radius 2 is 1.83 bits per heavy atom. The average Bonchev–Trinajstić information content (AvgIpc) is 2.56. The zero-order valence-corrected chi connectivity index (χ0v) is 13.9. The summed E-state index contributed by atoms with van der Waals surface area (Å²) in [7, 11) is 1.61. The highest BCUT2D eigenvalue weighted by Gasteiger charge is 2.16. The fourth-order valence-electron chi connectivity index (χ4n) is 2.51. The molecule has 0 saturated heterocycles. The average molecular weight is 312 g/mol. The molecular weight excluding hydrogens is 288 g/mol. The van der Waals surface area contributed by atoms with E-state index >= 15 is 0 Å². The smallest absolute Gasteiger partial charge is 0.238 e. The van der Waals surface area contributed by atoms with Crippen molar-refractivity contribution in [3.63, 3.8) is 0 Å². The van der Waals surface area contributed by atoms with Crippen molar-refractivity contribution in [3.8, 4) is 5.75 Å². The van der Waals surface area contributed by atoms with Crippen molar-refractivity contribution in [2.24, 2.45) is 5.92 Å². The molecular formula is C19H24N2O2. The Balaban J connectivity index is 1.94. The van der Waals surface area contributed by atoms with E-state index < -0.39 is 0 Å². The molecule has 2 N–H and O–H groups in total. The van der Waals surface area contributed by atoms with Gasteiger partial charge in [0.05, 0.1) is 13.7 Å². The Morgan fingerprint density at radius 3 is 2.48 bits per heavy atom. The summed E-state index contributed by atoms with van der Waals surface area (Å²) in [6.45, 7) is 4.55. The molecule has 0 aliphatic carbocycles. The number of anilines is 1. The summed E-state index contributed by atoms with van der Waals surface area (Å²) in [4.78, 5) is 12.2. The van der Waals surface area contributed by atoms with E-state index in [-0.39, 0.29) is 18.5 Å². The molecule has 0 bridgehead atoms. The van der Waals surface area contributed by atoms with Gasteiger partial charge in [-0.1, -0.05) is 50.2 Å².